The summed E-state index contributed by atoms with van der Waals surface area (Å²) in [5, 5.41) is 10.3. The molecule has 1 fully saturated rings. The van der Waals surface area contributed by atoms with Crippen molar-refractivity contribution in [3.05, 3.63) is 23.8 Å². The lowest BCUT2D eigenvalue weighted by Crippen LogP contribution is -2.34. The van der Waals surface area contributed by atoms with E-state index in [0.29, 0.717) is 17.5 Å². The number of aliphatic hydroxyl groups excluding tert-OH is 1. The Morgan fingerprint density at radius 1 is 1.33 bits per heavy atom. The van der Waals surface area contributed by atoms with Crippen LogP contribution in [0, 0.1) is 0 Å². The second-order valence-corrected chi connectivity index (χ2v) is 6.08. The molecule has 0 saturated heterocycles. The summed E-state index contributed by atoms with van der Waals surface area (Å²) < 4.78 is 5.14. The third kappa shape index (κ3) is 4.35. The van der Waals surface area contributed by atoms with Crippen LogP contribution in [0.15, 0.2) is 18.2 Å². The zero-order chi connectivity index (χ0) is 15.2. The van der Waals surface area contributed by atoms with Crippen LogP contribution in [0.5, 0.6) is 5.75 Å². The summed E-state index contributed by atoms with van der Waals surface area (Å²) in [6.45, 7) is 0.914. The number of anilines is 1. The van der Waals surface area contributed by atoms with Crippen LogP contribution in [0.25, 0.3) is 0 Å². The number of hydrogen-bond acceptors (Lipinski definition) is 4. The van der Waals surface area contributed by atoms with Crippen molar-refractivity contribution in [3.63, 3.8) is 0 Å². The Balaban J connectivity index is 1.86. The second kappa shape index (κ2) is 7.66. The van der Waals surface area contributed by atoms with Crippen LogP contribution < -0.4 is 10.5 Å². The number of benzene rings is 1. The van der Waals surface area contributed by atoms with Gasteiger partial charge in [-0.25, -0.2) is 0 Å². The van der Waals surface area contributed by atoms with Gasteiger partial charge in [-0.15, -0.1) is 0 Å². The van der Waals surface area contributed by atoms with E-state index in [1.54, 1.807) is 7.11 Å². The summed E-state index contributed by atoms with van der Waals surface area (Å²) >= 11 is 0. The second-order valence-electron chi connectivity index (χ2n) is 6.08. The number of aliphatic hydroxyl groups is 1. The van der Waals surface area contributed by atoms with E-state index in [9.17, 15) is 5.11 Å². The maximum Gasteiger partial charge on any atom is 0.141 e. The van der Waals surface area contributed by atoms with E-state index in [1.165, 1.54) is 32.1 Å². The van der Waals surface area contributed by atoms with Gasteiger partial charge in [0, 0.05) is 12.6 Å². The molecule has 1 aliphatic rings. The average molecular weight is 292 g/mol. The van der Waals surface area contributed by atoms with Crippen LogP contribution in [0.1, 0.15) is 50.2 Å². The Labute approximate surface area is 127 Å². The molecule has 4 nitrogen and oxygen atoms in total. The fourth-order valence-corrected chi connectivity index (χ4v) is 3.16. The van der Waals surface area contributed by atoms with Crippen molar-refractivity contribution in [2.24, 2.45) is 0 Å². The average Bonchev–Trinajstić information content (AvgIpc) is 2.53. The molecule has 3 N–H and O–H groups in total. The molecule has 21 heavy (non-hydrogen) atoms. The van der Waals surface area contributed by atoms with Gasteiger partial charge in [0.25, 0.3) is 0 Å². The lowest BCUT2D eigenvalue weighted by Gasteiger charge is -2.31. The third-order valence-corrected chi connectivity index (χ3v) is 4.59. The molecule has 4 heteroatoms. The van der Waals surface area contributed by atoms with Gasteiger partial charge >= 0.3 is 0 Å². The number of hydrogen-bond donors (Lipinski definition) is 2. The monoisotopic (exact) mass is 292 g/mol. The van der Waals surface area contributed by atoms with Gasteiger partial charge in [0.2, 0.25) is 0 Å². The molecule has 1 aromatic rings. The topological polar surface area (TPSA) is 58.7 Å². The minimum atomic E-state index is -0.468. The highest BCUT2D eigenvalue weighted by molar-refractivity contribution is 5.54. The zero-order valence-electron chi connectivity index (χ0n) is 13.2. The van der Waals surface area contributed by atoms with E-state index in [-0.39, 0.29) is 0 Å². The first-order valence-electron chi connectivity index (χ1n) is 7.93. The number of rotatable bonds is 6. The molecule has 0 spiro atoms. The normalized spacial score (nSPS) is 17.9. The summed E-state index contributed by atoms with van der Waals surface area (Å²) in [7, 11) is 3.77. The number of nitrogens with two attached hydrogens (primary N) is 1. The molecule has 0 radical (unpaired) electrons. The fourth-order valence-electron chi connectivity index (χ4n) is 3.16. The van der Waals surface area contributed by atoms with Crippen LogP contribution in [0.2, 0.25) is 0 Å². The Bertz CT molecular complexity index is 444. The molecule has 2 rings (SSSR count). The predicted octanol–water partition coefficient (Wildman–Crippen LogP) is 2.97. The van der Waals surface area contributed by atoms with Crippen molar-refractivity contribution in [2.75, 3.05) is 26.4 Å². The molecule has 1 unspecified atom stereocenters. The predicted molar refractivity (Wildman–Crippen MR) is 86.5 cm³/mol. The molecule has 118 valence electrons. The Morgan fingerprint density at radius 2 is 2.05 bits per heavy atom. The first-order chi connectivity index (χ1) is 10.1. The molecule has 1 saturated carbocycles. The number of nitrogens with zero attached hydrogens (tertiary/aromatic N) is 1. The maximum absolute atomic E-state index is 10.3. The molecule has 0 amide bonds. The van der Waals surface area contributed by atoms with Crippen molar-refractivity contribution in [1.82, 2.24) is 4.90 Å². The Kier molecular flexibility index (Phi) is 5.88. The van der Waals surface area contributed by atoms with E-state index in [0.717, 1.165) is 18.5 Å². The minimum absolute atomic E-state index is 0.468. The maximum atomic E-state index is 10.3. The molecular formula is C17H28N2O2. The quantitative estimate of drug-likeness (QED) is 0.791. The third-order valence-electron chi connectivity index (χ3n) is 4.59. The molecule has 0 aromatic heterocycles. The summed E-state index contributed by atoms with van der Waals surface area (Å²) in [6, 6.07) is 6.20. The molecule has 0 heterocycles. The van der Waals surface area contributed by atoms with Crippen LogP contribution >= 0.6 is 0 Å². The van der Waals surface area contributed by atoms with Crippen molar-refractivity contribution >= 4 is 5.69 Å². The molecule has 0 aliphatic heterocycles. The van der Waals surface area contributed by atoms with Crippen LogP contribution in [-0.2, 0) is 0 Å². The smallest absolute Gasteiger partial charge is 0.141 e. The van der Waals surface area contributed by atoms with Crippen molar-refractivity contribution in [2.45, 2.75) is 50.7 Å². The lowest BCUT2D eigenvalue weighted by atomic mass is 9.94. The van der Waals surface area contributed by atoms with E-state index >= 15 is 0 Å². The standard InChI is InChI=1S/C17H28N2O2/c1-19(14-6-4-3-5-7-14)11-10-16(20)13-8-9-17(21-2)15(18)12-13/h8-9,12,14,16,20H,3-7,10-11,18H2,1-2H3. The fraction of sp³-hybridized carbons (Fsp3) is 0.647. The van der Waals surface area contributed by atoms with Gasteiger partial charge in [-0.05, 0) is 44.0 Å². The van der Waals surface area contributed by atoms with Gasteiger partial charge in [-0.2, -0.15) is 0 Å². The molecule has 1 aromatic carbocycles. The molecule has 1 atom stereocenters. The summed E-state index contributed by atoms with van der Waals surface area (Å²) in [5.74, 6) is 0.658. The summed E-state index contributed by atoms with van der Waals surface area (Å²) in [5.41, 5.74) is 7.34. The highest BCUT2D eigenvalue weighted by Crippen LogP contribution is 2.27. The van der Waals surface area contributed by atoms with Crippen molar-refractivity contribution < 1.29 is 9.84 Å². The zero-order valence-corrected chi connectivity index (χ0v) is 13.2. The largest absolute Gasteiger partial charge is 0.495 e. The number of nitrogen functional groups attached to an aromatic ring is 1. The van der Waals surface area contributed by atoms with Crippen LogP contribution in [0.3, 0.4) is 0 Å². The SMILES string of the molecule is COc1ccc(C(O)CCN(C)C2CCCCC2)cc1N. The lowest BCUT2D eigenvalue weighted by molar-refractivity contribution is 0.125. The first kappa shape index (κ1) is 16.1. The van der Waals surface area contributed by atoms with Crippen molar-refractivity contribution in [3.8, 4) is 5.75 Å². The van der Waals surface area contributed by atoms with E-state index in [2.05, 4.69) is 11.9 Å². The van der Waals surface area contributed by atoms with Gasteiger partial charge in [0.05, 0.1) is 18.9 Å². The van der Waals surface area contributed by atoms with Gasteiger partial charge in [-0.3, -0.25) is 0 Å². The van der Waals surface area contributed by atoms with E-state index < -0.39 is 6.10 Å². The van der Waals surface area contributed by atoms with Crippen LogP contribution in [0.4, 0.5) is 5.69 Å². The summed E-state index contributed by atoms with van der Waals surface area (Å²) in [6.07, 6.45) is 6.91. The van der Waals surface area contributed by atoms with Gasteiger partial charge in [0.1, 0.15) is 5.75 Å². The summed E-state index contributed by atoms with van der Waals surface area (Å²) in [4.78, 5) is 2.40. The molecular weight excluding hydrogens is 264 g/mol. The van der Waals surface area contributed by atoms with Gasteiger partial charge < -0.3 is 20.5 Å². The van der Waals surface area contributed by atoms with Crippen LogP contribution in [-0.4, -0.2) is 36.8 Å². The van der Waals surface area contributed by atoms with Crippen molar-refractivity contribution in [1.29, 1.82) is 0 Å². The number of methoxy groups -OCH3 is 1. The highest BCUT2D eigenvalue weighted by Gasteiger charge is 2.19. The van der Waals surface area contributed by atoms with Gasteiger partial charge in [0.15, 0.2) is 0 Å². The molecule has 0 bridgehead atoms. The Morgan fingerprint density at radius 3 is 2.67 bits per heavy atom. The number of ether oxygens (including phenoxy) is 1. The first-order valence-corrected chi connectivity index (χ1v) is 7.93. The van der Waals surface area contributed by atoms with E-state index in [1.807, 2.05) is 18.2 Å². The van der Waals surface area contributed by atoms with E-state index in [4.69, 9.17) is 10.5 Å². The minimum Gasteiger partial charge on any atom is -0.495 e. The Hall–Kier alpha value is -1.26. The molecule has 1 aliphatic carbocycles. The van der Waals surface area contributed by atoms with Gasteiger partial charge in [-0.1, -0.05) is 25.3 Å². The highest BCUT2D eigenvalue weighted by atomic mass is 16.5.